The highest BCUT2D eigenvalue weighted by molar-refractivity contribution is 5.41. The average molecular weight is 192 g/mol. The topological polar surface area (TPSA) is 9.23 Å². The summed E-state index contributed by atoms with van der Waals surface area (Å²) in [6, 6.07) is 4.31. The van der Waals surface area contributed by atoms with Gasteiger partial charge in [0.05, 0.1) is 6.61 Å². The summed E-state index contributed by atoms with van der Waals surface area (Å²) in [7, 11) is 0. The molecule has 0 aliphatic rings. The second-order valence-corrected chi connectivity index (χ2v) is 4.41. The molecule has 0 amide bonds. The van der Waals surface area contributed by atoms with Gasteiger partial charge in [-0.25, -0.2) is 0 Å². The third-order valence-corrected chi connectivity index (χ3v) is 2.34. The largest absolute Gasteiger partial charge is 0.493 e. The van der Waals surface area contributed by atoms with Gasteiger partial charge in [-0.15, -0.1) is 0 Å². The van der Waals surface area contributed by atoms with Crippen LogP contribution in [-0.4, -0.2) is 6.61 Å². The van der Waals surface area contributed by atoms with Crippen molar-refractivity contribution in [1.82, 2.24) is 0 Å². The van der Waals surface area contributed by atoms with Crippen LogP contribution in [0, 0.1) is 26.7 Å². The van der Waals surface area contributed by atoms with E-state index in [0.717, 1.165) is 12.4 Å². The Hall–Kier alpha value is -0.980. The molecule has 0 bridgehead atoms. The Balaban J connectivity index is 2.85. The van der Waals surface area contributed by atoms with E-state index in [-0.39, 0.29) is 0 Å². The molecular formula is C13H20O. The minimum absolute atomic E-state index is 0.579. The Morgan fingerprint density at radius 1 is 1.14 bits per heavy atom. The third-order valence-electron chi connectivity index (χ3n) is 2.34. The summed E-state index contributed by atoms with van der Waals surface area (Å²) in [5.74, 6) is 1.62. The Morgan fingerprint density at radius 3 is 2.36 bits per heavy atom. The predicted molar refractivity (Wildman–Crippen MR) is 61.0 cm³/mol. The summed E-state index contributed by atoms with van der Waals surface area (Å²) < 4.78 is 5.76. The molecule has 1 nitrogen and oxygen atoms in total. The zero-order valence-corrected chi connectivity index (χ0v) is 9.85. The summed E-state index contributed by atoms with van der Waals surface area (Å²) in [6.45, 7) is 11.5. The molecule has 0 heterocycles. The van der Waals surface area contributed by atoms with Crippen molar-refractivity contribution < 1.29 is 4.74 Å². The fourth-order valence-electron chi connectivity index (χ4n) is 1.41. The fraction of sp³-hybridized carbons (Fsp3) is 0.538. The molecule has 0 aliphatic heterocycles. The van der Waals surface area contributed by atoms with Crippen LogP contribution in [0.5, 0.6) is 5.75 Å². The van der Waals surface area contributed by atoms with Crippen LogP contribution < -0.4 is 4.74 Å². The van der Waals surface area contributed by atoms with Gasteiger partial charge in [-0.3, -0.25) is 0 Å². The molecule has 0 aliphatic carbocycles. The quantitative estimate of drug-likeness (QED) is 0.710. The Morgan fingerprint density at radius 2 is 1.79 bits per heavy atom. The normalized spacial score (nSPS) is 10.7. The van der Waals surface area contributed by atoms with Gasteiger partial charge in [0, 0.05) is 0 Å². The Kier molecular flexibility index (Phi) is 3.56. The average Bonchev–Trinajstić information content (AvgIpc) is 2.08. The first-order valence-electron chi connectivity index (χ1n) is 5.21. The van der Waals surface area contributed by atoms with Crippen molar-refractivity contribution in [3.63, 3.8) is 0 Å². The molecule has 1 heteroatoms. The molecule has 78 valence electrons. The van der Waals surface area contributed by atoms with Crippen LogP contribution in [0.25, 0.3) is 0 Å². The van der Waals surface area contributed by atoms with Crippen LogP contribution in [0.1, 0.15) is 30.5 Å². The molecule has 0 unspecified atom stereocenters. The molecule has 0 spiro atoms. The molecule has 0 fully saturated rings. The van der Waals surface area contributed by atoms with Crippen LogP contribution in [0.15, 0.2) is 12.1 Å². The molecule has 0 saturated carbocycles. The van der Waals surface area contributed by atoms with Gasteiger partial charge >= 0.3 is 0 Å². The summed E-state index contributed by atoms with van der Waals surface area (Å²) in [5.41, 5.74) is 3.84. The van der Waals surface area contributed by atoms with Gasteiger partial charge < -0.3 is 4.74 Å². The first kappa shape index (κ1) is 11.1. The van der Waals surface area contributed by atoms with E-state index in [4.69, 9.17) is 4.74 Å². The molecule has 1 aromatic carbocycles. The smallest absolute Gasteiger partial charge is 0.122 e. The van der Waals surface area contributed by atoms with Crippen molar-refractivity contribution in [3.8, 4) is 5.75 Å². The highest BCUT2D eigenvalue weighted by atomic mass is 16.5. The van der Waals surface area contributed by atoms with Gasteiger partial charge in [0.2, 0.25) is 0 Å². The number of hydrogen-bond acceptors (Lipinski definition) is 1. The lowest BCUT2D eigenvalue weighted by atomic mass is 10.1. The van der Waals surface area contributed by atoms with Gasteiger partial charge in [-0.2, -0.15) is 0 Å². The van der Waals surface area contributed by atoms with E-state index in [0.29, 0.717) is 5.92 Å². The number of hydrogen-bond donors (Lipinski definition) is 0. The third kappa shape index (κ3) is 2.76. The van der Waals surface area contributed by atoms with E-state index in [1.54, 1.807) is 0 Å². The summed E-state index contributed by atoms with van der Waals surface area (Å²) in [5, 5.41) is 0. The molecule has 14 heavy (non-hydrogen) atoms. The molecule has 1 rings (SSSR count). The van der Waals surface area contributed by atoms with Crippen molar-refractivity contribution in [2.45, 2.75) is 34.6 Å². The second kappa shape index (κ2) is 4.50. The Labute approximate surface area is 87.1 Å². The standard InChI is InChI=1S/C13H20O/c1-9(2)8-14-13-7-10(3)6-11(4)12(13)5/h6-7,9H,8H2,1-5H3. The van der Waals surface area contributed by atoms with Crippen molar-refractivity contribution in [2.24, 2.45) is 5.92 Å². The van der Waals surface area contributed by atoms with Crippen LogP contribution in [0.3, 0.4) is 0 Å². The highest BCUT2D eigenvalue weighted by Crippen LogP contribution is 2.23. The van der Waals surface area contributed by atoms with E-state index in [1.165, 1.54) is 16.7 Å². The number of benzene rings is 1. The second-order valence-electron chi connectivity index (χ2n) is 4.41. The minimum atomic E-state index is 0.579. The maximum absolute atomic E-state index is 5.76. The minimum Gasteiger partial charge on any atom is -0.493 e. The molecule has 0 aromatic heterocycles. The zero-order chi connectivity index (χ0) is 10.7. The summed E-state index contributed by atoms with van der Waals surface area (Å²) >= 11 is 0. The van der Waals surface area contributed by atoms with E-state index in [9.17, 15) is 0 Å². The molecule has 0 N–H and O–H groups in total. The summed E-state index contributed by atoms with van der Waals surface area (Å²) in [6.07, 6.45) is 0. The van der Waals surface area contributed by atoms with Gasteiger partial charge in [-0.1, -0.05) is 19.9 Å². The van der Waals surface area contributed by atoms with Crippen LogP contribution in [0.2, 0.25) is 0 Å². The Bertz CT molecular complexity index is 313. The SMILES string of the molecule is Cc1cc(C)c(C)c(OCC(C)C)c1. The molecule has 0 saturated heterocycles. The fourth-order valence-corrected chi connectivity index (χ4v) is 1.41. The maximum Gasteiger partial charge on any atom is 0.122 e. The highest BCUT2D eigenvalue weighted by Gasteiger charge is 2.04. The first-order valence-corrected chi connectivity index (χ1v) is 5.21. The van der Waals surface area contributed by atoms with Gasteiger partial charge in [0.15, 0.2) is 0 Å². The summed E-state index contributed by atoms with van der Waals surface area (Å²) in [4.78, 5) is 0. The first-order chi connectivity index (χ1) is 6.50. The predicted octanol–water partition coefficient (Wildman–Crippen LogP) is 3.65. The molecule has 0 radical (unpaired) electrons. The van der Waals surface area contributed by atoms with E-state index in [1.807, 2.05) is 0 Å². The maximum atomic E-state index is 5.76. The molecule has 1 aromatic rings. The van der Waals surface area contributed by atoms with Gasteiger partial charge in [-0.05, 0) is 49.4 Å². The molecule has 0 atom stereocenters. The molecular weight excluding hydrogens is 172 g/mol. The van der Waals surface area contributed by atoms with E-state index in [2.05, 4.69) is 46.8 Å². The van der Waals surface area contributed by atoms with Crippen molar-refractivity contribution in [3.05, 3.63) is 28.8 Å². The van der Waals surface area contributed by atoms with Gasteiger partial charge in [0.25, 0.3) is 0 Å². The van der Waals surface area contributed by atoms with Gasteiger partial charge in [0.1, 0.15) is 5.75 Å². The van der Waals surface area contributed by atoms with Crippen molar-refractivity contribution >= 4 is 0 Å². The van der Waals surface area contributed by atoms with Crippen molar-refractivity contribution in [2.75, 3.05) is 6.61 Å². The van der Waals surface area contributed by atoms with Crippen LogP contribution >= 0.6 is 0 Å². The lowest BCUT2D eigenvalue weighted by molar-refractivity contribution is 0.269. The van der Waals surface area contributed by atoms with Crippen LogP contribution in [0.4, 0.5) is 0 Å². The van der Waals surface area contributed by atoms with E-state index >= 15 is 0 Å². The monoisotopic (exact) mass is 192 g/mol. The number of aryl methyl sites for hydroxylation is 2. The lowest BCUT2D eigenvalue weighted by Gasteiger charge is -2.13. The number of rotatable bonds is 3. The lowest BCUT2D eigenvalue weighted by Crippen LogP contribution is -2.06. The zero-order valence-electron chi connectivity index (χ0n) is 9.85. The van der Waals surface area contributed by atoms with Crippen molar-refractivity contribution in [1.29, 1.82) is 0 Å². The van der Waals surface area contributed by atoms with Crippen LogP contribution in [-0.2, 0) is 0 Å². The van der Waals surface area contributed by atoms with E-state index < -0.39 is 0 Å². The number of ether oxygens (including phenoxy) is 1.